The van der Waals surface area contributed by atoms with Crippen molar-refractivity contribution in [3.05, 3.63) is 0 Å². The van der Waals surface area contributed by atoms with E-state index >= 15 is 0 Å². The molecule has 0 bridgehead atoms. The molecule has 0 aromatic heterocycles. The third-order valence-corrected chi connectivity index (χ3v) is 5.65. The van der Waals surface area contributed by atoms with Gasteiger partial charge in [-0.15, -0.1) is 0 Å². The summed E-state index contributed by atoms with van der Waals surface area (Å²) in [6.07, 6.45) is 0. The van der Waals surface area contributed by atoms with E-state index in [0.717, 1.165) is 10.2 Å². The summed E-state index contributed by atoms with van der Waals surface area (Å²) in [5.41, 5.74) is 0. The highest BCUT2D eigenvalue weighted by molar-refractivity contribution is 7.56. The van der Waals surface area contributed by atoms with Crippen LogP contribution in [-0.4, -0.2) is 28.7 Å². The second-order valence-electron chi connectivity index (χ2n) is 2.47. The molecule has 0 aliphatic rings. The minimum absolute atomic E-state index is 0.0856. The molecular weight excluding hydrogens is 179 g/mol. The van der Waals surface area contributed by atoms with Crippen LogP contribution in [0.3, 0.4) is 0 Å². The first-order chi connectivity index (χ1) is 5.06. The molecule has 1 unspecified atom stereocenters. The van der Waals surface area contributed by atoms with Gasteiger partial charge in [-0.25, -0.2) is 0 Å². The molecule has 0 saturated carbocycles. The minimum atomic E-state index is -2.73. The van der Waals surface area contributed by atoms with Crippen molar-refractivity contribution in [2.75, 3.05) is 13.2 Å². The van der Waals surface area contributed by atoms with Crippen LogP contribution in [0, 0.1) is 0 Å². The highest BCUT2D eigenvalue weighted by Gasteiger charge is 2.27. The third-order valence-electron chi connectivity index (χ3n) is 1.25. The maximum absolute atomic E-state index is 11.7. The van der Waals surface area contributed by atoms with Crippen molar-refractivity contribution in [1.29, 1.82) is 0 Å². The molecule has 0 spiro atoms. The normalized spacial score (nSPS) is 15.2. The van der Waals surface area contributed by atoms with Crippen LogP contribution < -0.4 is 0 Å². The van der Waals surface area contributed by atoms with Gasteiger partial charge in [-0.1, -0.05) is 6.92 Å². The SMILES string of the molecule is CCOP(=O)(OCC)C(C)[SiH3]. The molecule has 1 atom stereocenters. The molecule has 11 heavy (non-hydrogen) atoms. The molecule has 0 aromatic carbocycles. The molecule has 0 aliphatic heterocycles. The fraction of sp³-hybridized carbons (Fsp3) is 1.00. The van der Waals surface area contributed by atoms with E-state index < -0.39 is 7.60 Å². The molecule has 0 saturated heterocycles. The topological polar surface area (TPSA) is 35.5 Å². The van der Waals surface area contributed by atoms with Crippen LogP contribution in [0.15, 0.2) is 0 Å². The Morgan fingerprint density at radius 1 is 1.36 bits per heavy atom. The van der Waals surface area contributed by atoms with E-state index in [1.165, 1.54) is 0 Å². The Balaban J connectivity index is 4.14. The Kier molecular flexibility index (Phi) is 5.26. The number of hydrogen-bond donors (Lipinski definition) is 0. The first kappa shape index (κ1) is 11.4. The van der Waals surface area contributed by atoms with Crippen LogP contribution in [-0.2, 0) is 13.6 Å². The van der Waals surface area contributed by atoms with E-state index in [-0.39, 0.29) is 5.28 Å². The van der Waals surface area contributed by atoms with Crippen LogP contribution in [0.1, 0.15) is 20.8 Å². The fourth-order valence-electron chi connectivity index (χ4n) is 0.695. The quantitative estimate of drug-likeness (QED) is 0.485. The first-order valence-corrected chi connectivity index (χ1v) is 6.72. The molecule has 0 fully saturated rings. The van der Waals surface area contributed by atoms with Crippen LogP contribution in [0.4, 0.5) is 0 Å². The highest BCUT2D eigenvalue weighted by atomic mass is 31.2. The molecule has 0 amide bonds. The first-order valence-electron chi connectivity index (χ1n) is 3.95. The zero-order valence-corrected chi connectivity index (χ0v) is 10.6. The van der Waals surface area contributed by atoms with Gasteiger partial charge in [0.2, 0.25) is 0 Å². The molecule has 68 valence electrons. The summed E-state index contributed by atoms with van der Waals surface area (Å²) in [5.74, 6) is 0. The van der Waals surface area contributed by atoms with E-state index in [4.69, 9.17) is 9.05 Å². The Labute approximate surface area is 71.4 Å². The van der Waals surface area contributed by atoms with Crippen LogP contribution >= 0.6 is 7.60 Å². The Hall–Kier alpha value is 0.367. The molecule has 0 aromatic rings. The predicted molar refractivity (Wildman–Crippen MR) is 50.3 cm³/mol. The summed E-state index contributed by atoms with van der Waals surface area (Å²) < 4.78 is 21.9. The monoisotopic (exact) mass is 196 g/mol. The van der Waals surface area contributed by atoms with Gasteiger partial charge in [0.1, 0.15) is 0 Å². The van der Waals surface area contributed by atoms with Gasteiger partial charge in [0.05, 0.1) is 13.2 Å². The second kappa shape index (κ2) is 5.09. The van der Waals surface area contributed by atoms with Crippen molar-refractivity contribution in [1.82, 2.24) is 0 Å². The van der Waals surface area contributed by atoms with Crippen molar-refractivity contribution in [3.8, 4) is 0 Å². The maximum atomic E-state index is 11.7. The molecule has 5 heteroatoms. The average molecular weight is 196 g/mol. The Morgan fingerprint density at radius 3 is 1.91 bits per heavy atom. The van der Waals surface area contributed by atoms with Gasteiger partial charge in [-0.3, -0.25) is 4.57 Å². The molecule has 0 heterocycles. The van der Waals surface area contributed by atoms with Gasteiger partial charge in [0.15, 0.2) is 0 Å². The summed E-state index contributed by atoms with van der Waals surface area (Å²) in [5, 5.41) is 0.0856. The van der Waals surface area contributed by atoms with Crippen LogP contribution in [0.25, 0.3) is 0 Å². The Morgan fingerprint density at radius 2 is 1.73 bits per heavy atom. The Bertz CT molecular complexity index is 139. The molecule has 0 N–H and O–H groups in total. The van der Waals surface area contributed by atoms with Crippen LogP contribution in [0.2, 0.25) is 0 Å². The smallest absolute Gasteiger partial charge is 0.309 e. The summed E-state index contributed by atoms with van der Waals surface area (Å²) in [4.78, 5) is 0. The van der Waals surface area contributed by atoms with Gasteiger partial charge >= 0.3 is 7.60 Å². The molecule has 0 aliphatic carbocycles. The van der Waals surface area contributed by atoms with Crippen molar-refractivity contribution < 1.29 is 13.6 Å². The van der Waals surface area contributed by atoms with Gasteiger partial charge in [0, 0.05) is 15.5 Å². The standard InChI is InChI=1S/C6H17O3PSi/c1-4-8-10(7,6(3)11)9-5-2/h6H,4-5H2,1-3,11H3. The summed E-state index contributed by atoms with van der Waals surface area (Å²) in [7, 11) is -1.89. The second-order valence-corrected chi connectivity index (χ2v) is 7.80. The predicted octanol–water partition coefficient (Wildman–Crippen LogP) is 0.964. The van der Waals surface area contributed by atoms with E-state index in [2.05, 4.69) is 0 Å². The van der Waals surface area contributed by atoms with E-state index in [9.17, 15) is 4.57 Å². The lowest BCUT2D eigenvalue weighted by Gasteiger charge is -2.19. The molecular formula is C6H17O3PSi. The van der Waals surface area contributed by atoms with Crippen molar-refractivity contribution >= 4 is 17.8 Å². The van der Waals surface area contributed by atoms with Gasteiger partial charge in [-0.05, 0) is 13.8 Å². The maximum Gasteiger partial charge on any atom is 0.329 e. The fourth-order valence-corrected chi connectivity index (χ4v) is 2.98. The van der Waals surface area contributed by atoms with E-state index in [1.54, 1.807) is 0 Å². The van der Waals surface area contributed by atoms with Crippen molar-refractivity contribution in [2.45, 2.75) is 26.1 Å². The van der Waals surface area contributed by atoms with Gasteiger partial charge < -0.3 is 9.05 Å². The lowest BCUT2D eigenvalue weighted by Crippen LogP contribution is -2.09. The largest absolute Gasteiger partial charge is 0.329 e. The van der Waals surface area contributed by atoms with E-state index in [0.29, 0.717) is 13.2 Å². The summed E-state index contributed by atoms with van der Waals surface area (Å²) in [6.45, 7) is 6.48. The van der Waals surface area contributed by atoms with Crippen molar-refractivity contribution in [2.24, 2.45) is 0 Å². The van der Waals surface area contributed by atoms with Gasteiger partial charge in [0.25, 0.3) is 0 Å². The molecule has 0 rings (SSSR count). The minimum Gasteiger partial charge on any atom is -0.309 e. The summed E-state index contributed by atoms with van der Waals surface area (Å²) >= 11 is 0. The van der Waals surface area contributed by atoms with Crippen LogP contribution in [0.5, 0.6) is 0 Å². The average Bonchev–Trinajstić information content (AvgIpc) is 1.88. The lowest BCUT2D eigenvalue weighted by molar-refractivity contribution is 0.219. The molecule has 3 nitrogen and oxygen atoms in total. The summed E-state index contributed by atoms with van der Waals surface area (Å²) in [6, 6.07) is 0. The van der Waals surface area contributed by atoms with E-state index in [1.807, 2.05) is 20.8 Å². The van der Waals surface area contributed by atoms with Crippen molar-refractivity contribution in [3.63, 3.8) is 0 Å². The van der Waals surface area contributed by atoms with Gasteiger partial charge in [-0.2, -0.15) is 0 Å². The zero-order chi connectivity index (χ0) is 8.91. The number of hydrogen-bond acceptors (Lipinski definition) is 3. The third kappa shape index (κ3) is 3.52. The molecule has 0 radical (unpaired) electrons. The lowest BCUT2D eigenvalue weighted by atomic mass is 10.9. The zero-order valence-electron chi connectivity index (χ0n) is 7.66. The highest BCUT2D eigenvalue weighted by Crippen LogP contribution is 2.51. The number of rotatable bonds is 5.